The number of aromatic nitrogens is 3. The highest BCUT2D eigenvalue weighted by atomic mass is 16.3. The molecule has 1 N–H and O–H groups in total. The summed E-state index contributed by atoms with van der Waals surface area (Å²) in [6.07, 6.45) is 2.38. The Morgan fingerprint density at radius 1 is 1.10 bits per heavy atom. The second kappa shape index (κ2) is 5.05. The van der Waals surface area contributed by atoms with Gasteiger partial charge in [0, 0.05) is 5.56 Å². The monoisotopic (exact) mass is 279 g/mol. The van der Waals surface area contributed by atoms with Gasteiger partial charge in [0.1, 0.15) is 22.5 Å². The Balaban J connectivity index is 2.19. The van der Waals surface area contributed by atoms with E-state index in [2.05, 4.69) is 16.8 Å². The van der Waals surface area contributed by atoms with Gasteiger partial charge in [-0.05, 0) is 49.6 Å². The summed E-state index contributed by atoms with van der Waals surface area (Å²) in [6.45, 7) is 7.73. The Kier molecular flexibility index (Phi) is 3.22. The lowest BCUT2D eigenvalue weighted by Crippen LogP contribution is -2.01. The van der Waals surface area contributed by atoms with Gasteiger partial charge >= 0.3 is 0 Å². The van der Waals surface area contributed by atoms with Crippen molar-refractivity contribution in [1.82, 2.24) is 15.0 Å². The van der Waals surface area contributed by atoms with E-state index in [-0.39, 0.29) is 5.75 Å². The van der Waals surface area contributed by atoms with E-state index in [0.717, 1.165) is 27.7 Å². The quantitative estimate of drug-likeness (QED) is 0.747. The lowest BCUT2D eigenvalue weighted by Gasteiger charge is -2.09. The topological polar surface area (TPSA) is 50.9 Å². The highest BCUT2D eigenvalue weighted by molar-refractivity contribution is 5.74. The molecule has 4 nitrogen and oxygen atoms in total. The average Bonchev–Trinajstić information content (AvgIpc) is 2.85. The molecule has 0 aliphatic rings. The van der Waals surface area contributed by atoms with Crippen molar-refractivity contribution in [1.29, 1.82) is 0 Å². The van der Waals surface area contributed by atoms with Gasteiger partial charge in [-0.2, -0.15) is 0 Å². The first-order chi connectivity index (χ1) is 10.1. The zero-order valence-corrected chi connectivity index (χ0v) is 12.2. The van der Waals surface area contributed by atoms with E-state index in [0.29, 0.717) is 12.1 Å². The summed E-state index contributed by atoms with van der Waals surface area (Å²) in [5.41, 5.74) is 5.25. The first kappa shape index (κ1) is 13.4. The minimum absolute atomic E-state index is 0.206. The Morgan fingerprint density at radius 3 is 2.62 bits per heavy atom. The molecule has 1 heterocycles. The van der Waals surface area contributed by atoms with Crippen molar-refractivity contribution in [3.63, 3.8) is 0 Å². The molecular formula is C17H17N3O. The predicted octanol–water partition coefficient (Wildman–Crippen LogP) is 3.47. The van der Waals surface area contributed by atoms with Crippen molar-refractivity contribution in [3.8, 4) is 11.4 Å². The molecule has 3 rings (SSSR count). The second-order valence-corrected chi connectivity index (χ2v) is 5.27. The van der Waals surface area contributed by atoms with Crippen LogP contribution in [0, 0.1) is 13.8 Å². The van der Waals surface area contributed by atoms with Crippen LogP contribution in [0.15, 0.2) is 43.0 Å². The molecule has 0 unspecified atom stereocenters. The zero-order chi connectivity index (χ0) is 15.0. The molecule has 0 fully saturated rings. The molecule has 21 heavy (non-hydrogen) atoms. The van der Waals surface area contributed by atoms with Gasteiger partial charge in [-0.3, -0.25) is 0 Å². The number of fused-ring (bicyclic) bond motifs is 1. The maximum absolute atomic E-state index is 10.4. The first-order valence-corrected chi connectivity index (χ1v) is 6.86. The summed E-state index contributed by atoms with van der Waals surface area (Å²) in [6, 6.07) is 9.75. The number of nitrogens with zero attached hydrogens (tertiary/aromatic N) is 3. The van der Waals surface area contributed by atoms with Gasteiger partial charge in [0.2, 0.25) is 0 Å². The van der Waals surface area contributed by atoms with Crippen LogP contribution >= 0.6 is 0 Å². The van der Waals surface area contributed by atoms with Crippen LogP contribution in [0.3, 0.4) is 0 Å². The summed E-state index contributed by atoms with van der Waals surface area (Å²) in [4.78, 5) is 1.50. The lowest BCUT2D eigenvalue weighted by atomic mass is 10.1. The molecule has 1 aromatic heterocycles. The predicted molar refractivity (Wildman–Crippen MR) is 83.9 cm³/mol. The van der Waals surface area contributed by atoms with E-state index in [4.69, 9.17) is 0 Å². The maximum atomic E-state index is 10.4. The van der Waals surface area contributed by atoms with Gasteiger partial charge in [-0.25, -0.2) is 0 Å². The highest BCUT2D eigenvalue weighted by Crippen LogP contribution is 2.28. The number of phenolic OH excluding ortho intramolecular Hbond substituents is 1. The van der Waals surface area contributed by atoms with Crippen molar-refractivity contribution in [2.75, 3.05) is 0 Å². The van der Waals surface area contributed by atoms with Gasteiger partial charge in [0.05, 0.1) is 0 Å². The van der Waals surface area contributed by atoms with Gasteiger partial charge in [0.25, 0.3) is 0 Å². The summed E-state index contributed by atoms with van der Waals surface area (Å²) in [7, 11) is 0. The van der Waals surface area contributed by atoms with Crippen LogP contribution in [0.1, 0.15) is 16.7 Å². The number of hydrogen-bond donors (Lipinski definition) is 1. The van der Waals surface area contributed by atoms with Crippen LogP contribution in [-0.4, -0.2) is 20.1 Å². The number of hydrogen-bond acceptors (Lipinski definition) is 3. The molecular weight excluding hydrogens is 262 g/mol. The van der Waals surface area contributed by atoms with Gasteiger partial charge in [-0.1, -0.05) is 18.2 Å². The highest BCUT2D eigenvalue weighted by Gasteiger charge is 2.13. The largest absolute Gasteiger partial charge is 0.505 e. The molecule has 2 aromatic carbocycles. The Bertz CT molecular complexity index is 833. The number of benzene rings is 2. The molecule has 4 heteroatoms. The molecule has 0 amide bonds. The normalized spacial score (nSPS) is 11.0. The molecule has 106 valence electrons. The second-order valence-electron chi connectivity index (χ2n) is 5.27. The average molecular weight is 279 g/mol. The molecule has 0 saturated carbocycles. The van der Waals surface area contributed by atoms with Crippen LogP contribution in [-0.2, 0) is 6.42 Å². The van der Waals surface area contributed by atoms with Crippen molar-refractivity contribution >= 4 is 11.0 Å². The number of aromatic hydroxyl groups is 1. The van der Waals surface area contributed by atoms with Crippen LogP contribution in [0.2, 0.25) is 0 Å². The van der Waals surface area contributed by atoms with E-state index < -0.39 is 0 Å². The van der Waals surface area contributed by atoms with Crippen LogP contribution in [0.4, 0.5) is 0 Å². The third kappa shape index (κ3) is 2.40. The summed E-state index contributed by atoms with van der Waals surface area (Å²) >= 11 is 0. The fraction of sp³-hybridized carbons (Fsp3) is 0.176. The minimum atomic E-state index is 0.206. The van der Waals surface area contributed by atoms with Crippen LogP contribution in [0.5, 0.6) is 5.75 Å². The van der Waals surface area contributed by atoms with E-state index in [1.54, 1.807) is 6.08 Å². The summed E-state index contributed by atoms with van der Waals surface area (Å²) in [5.74, 6) is 0.206. The molecule has 0 bridgehead atoms. The molecule has 0 aliphatic heterocycles. The number of phenols is 1. The Labute approximate surface area is 123 Å². The standard InChI is InChI=1S/C17H17N3O/c1-4-5-13-8-12(3)10-16(17(13)21)20-18-14-7-6-11(2)9-15(14)19-20/h4,6-10,21H,1,5H2,2-3H3. The fourth-order valence-electron chi connectivity index (χ4n) is 2.43. The van der Waals surface area contributed by atoms with E-state index in [9.17, 15) is 5.11 Å². The smallest absolute Gasteiger partial charge is 0.146 e. The number of allylic oxidation sites excluding steroid dienone is 1. The van der Waals surface area contributed by atoms with E-state index in [1.807, 2.05) is 44.2 Å². The van der Waals surface area contributed by atoms with Crippen LogP contribution in [0.25, 0.3) is 16.7 Å². The molecule has 0 aliphatic carbocycles. The Morgan fingerprint density at radius 2 is 1.86 bits per heavy atom. The molecule has 0 saturated heterocycles. The number of aryl methyl sites for hydroxylation is 2. The number of rotatable bonds is 3. The zero-order valence-electron chi connectivity index (χ0n) is 12.2. The molecule has 0 spiro atoms. The third-order valence-corrected chi connectivity index (χ3v) is 3.43. The van der Waals surface area contributed by atoms with Crippen molar-refractivity contribution in [2.45, 2.75) is 20.3 Å². The summed E-state index contributed by atoms with van der Waals surface area (Å²) < 4.78 is 0. The van der Waals surface area contributed by atoms with Crippen LogP contribution < -0.4 is 0 Å². The SMILES string of the molecule is C=CCc1cc(C)cc(-n2nc3ccc(C)cc3n2)c1O. The van der Waals surface area contributed by atoms with Gasteiger partial charge < -0.3 is 5.11 Å². The summed E-state index contributed by atoms with van der Waals surface area (Å²) in [5, 5.41) is 19.3. The van der Waals surface area contributed by atoms with Crippen molar-refractivity contribution < 1.29 is 5.11 Å². The fourth-order valence-corrected chi connectivity index (χ4v) is 2.43. The van der Waals surface area contributed by atoms with Crippen molar-refractivity contribution in [2.24, 2.45) is 0 Å². The lowest BCUT2D eigenvalue weighted by molar-refractivity contribution is 0.462. The first-order valence-electron chi connectivity index (χ1n) is 6.86. The molecule has 3 aromatic rings. The minimum Gasteiger partial charge on any atom is -0.505 e. The Hall–Kier alpha value is -2.62. The van der Waals surface area contributed by atoms with Gasteiger partial charge in [-0.15, -0.1) is 21.6 Å². The maximum Gasteiger partial charge on any atom is 0.146 e. The van der Waals surface area contributed by atoms with Gasteiger partial charge in [0.15, 0.2) is 0 Å². The molecule has 0 radical (unpaired) electrons. The molecule has 0 atom stereocenters. The van der Waals surface area contributed by atoms with E-state index in [1.165, 1.54) is 4.80 Å². The van der Waals surface area contributed by atoms with E-state index >= 15 is 0 Å². The third-order valence-electron chi connectivity index (χ3n) is 3.43. The van der Waals surface area contributed by atoms with Crippen molar-refractivity contribution in [3.05, 3.63) is 59.7 Å².